The van der Waals surface area contributed by atoms with Crippen LogP contribution in [0.3, 0.4) is 0 Å². The van der Waals surface area contributed by atoms with E-state index in [0.717, 1.165) is 36.1 Å². The minimum atomic E-state index is -4.39. The van der Waals surface area contributed by atoms with Gasteiger partial charge in [-0.3, -0.25) is 0 Å². The first-order valence-electron chi connectivity index (χ1n) is 12.5. The molecule has 8 nitrogen and oxygen atoms in total. The van der Waals surface area contributed by atoms with Crippen LogP contribution in [0.1, 0.15) is 42.3 Å². The number of alkyl halides is 3. The summed E-state index contributed by atoms with van der Waals surface area (Å²) in [5.74, 6) is 2.22. The van der Waals surface area contributed by atoms with Crippen LogP contribution < -0.4 is 5.32 Å². The summed E-state index contributed by atoms with van der Waals surface area (Å²) in [4.78, 5) is 14.5. The lowest BCUT2D eigenvalue weighted by Crippen LogP contribution is -2.21. The molecular weight excluding hydrogens is 493 g/mol. The van der Waals surface area contributed by atoms with Crippen LogP contribution in [-0.2, 0) is 12.7 Å². The molecule has 0 radical (unpaired) electrons. The van der Waals surface area contributed by atoms with Crippen LogP contribution in [0.25, 0.3) is 22.6 Å². The van der Waals surface area contributed by atoms with Crippen LogP contribution in [-0.4, -0.2) is 37.8 Å². The molecule has 38 heavy (non-hydrogen) atoms. The average Bonchev–Trinajstić information content (AvgIpc) is 3.47. The third-order valence-electron chi connectivity index (χ3n) is 6.90. The first kappa shape index (κ1) is 24.2. The number of hydrogen-bond acceptors (Lipinski definition) is 7. The Hall–Kier alpha value is -4.15. The zero-order valence-corrected chi connectivity index (χ0v) is 20.9. The summed E-state index contributed by atoms with van der Waals surface area (Å²) in [5, 5.41) is 15.3. The summed E-state index contributed by atoms with van der Waals surface area (Å²) < 4.78 is 41.5. The van der Waals surface area contributed by atoms with Gasteiger partial charge < -0.3 is 9.88 Å². The van der Waals surface area contributed by atoms with E-state index in [2.05, 4.69) is 27.7 Å². The van der Waals surface area contributed by atoms with E-state index >= 15 is 0 Å². The van der Waals surface area contributed by atoms with E-state index in [0.29, 0.717) is 58.9 Å². The lowest BCUT2D eigenvalue weighted by Gasteiger charge is -2.17. The highest BCUT2D eigenvalue weighted by molar-refractivity contribution is 6.02. The first-order chi connectivity index (χ1) is 18.3. The maximum absolute atomic E-state index is 13.2. The van der Waals surface area contributed by atoms with Crippen LogP contribution in [0.2, 0.25) is 0 Å². The zero-order valence-electron chi connectivity index (χ0n) is 20.9. The highest BCUT2D eigenvalue weighted by Crippen LogP contribution is 2.36. The van der Waals surface area contributed by atoms with Gasteiger partial charge in [-0.1, -0.05) is 35.9 Å². The van der Waals surface area contributed by atoms with Gasteiger partial charge in [-0.25, -0.2) is 15.0 Å². The minimum absolute atomic E-state index is 0.178. The van der Waals surface area contributed by atoms with Crippen molar-refractivity contribution >= 4 is 22.7 Å². The third kappa shape index (κ3) is 4.75. The SMILES string of the molecule is Cc1cccc(-c2nc3nc(C4=NN=NC4)nc(N[C@H](C)C4CC4)c3n2Cc2ccc(C(F)(F)F)cc2)c1. The standard InChI is InChI=1S/C27H25F3N8/c1-15-4-3-5-19(12-15)26-35-25-22(38(26)14-17-6-10-20(11-7-17)27(28,29)30)24(32-16(2)18-8-9-18)33-23(34-25)21-13-31-37-36-21/h3-7,10-12,16,18H,8-9,13-14H2,1-2H3,(H,32,33,34)/t16-/m1/s1. The van der Waals surface area contributed by atoms with Crippen LogP contribution in [0.15, 0.2) is 64.0 Å². The van der Waals surface area contributed by atoms with Gasteiger partial charge in [0.2, 0.25) is 0 Å². The van der Waals surface area contributed by atoms with Crippen LogP contribution >= 0.6 is 0 Å². The second kappa shape index (κ2) is 9.30. The largest absolute Gasteiger partial charge is 0.416 e. The molecule has 6 rings (SSSR count). The molecule has 4 aromatic rings. The highest BCUT2D eigenvalue weighted by atomic mass is 19.4. The number of imidazole rings is 1. The van der Waals surface area contributed by atoms with Crippen LogP contribution in [0, 0.1) is 12.8 Å². The van der Waals surface area contributed by atoms with E-state index < -0.39 is 11.7 Å². The van der Waals surface area contributed by atoms with E-state index in [1.165, 1.54) is 12.1 Å². The molecule has 1 saturated carbocycles. The van der Waals surface area contributed by atoms with Crippen molar-refractivity contribution in [2.75, 3.05) is 11.9 Å². The summed E-state index contributed by atoms with van der Waals surface area (Å²) in [6, 6.07) is 13.3. The normalized spacial score (nSPS) is 16.2. The van der Waals surface area contributed by atoms with E-state index in [4.69, 9.17) is 15.0 Å². The van der Waals surface area contributed by atoms with Crippen molar-refractivity contribution < 1.29 is 13.2 Å². The van der Waals surface area contributed by atoms with Gasteiger partial charge >= 0.3 is 6.18 Å². The Morgan fingerprint density at radius 2 is 1.84 bits per heavy atom. The van der Waals surface area contributed by atoms with Gasteiger partial charge in [0.25, 0.3) is 0 Å². The van der Waals surface area contributed by atoms with Crippen molar-refractivity contribution in [2.45, 2.75) is 45.5 Å². The molecular formula is C27H25F3N8. The summed E-state index contributed by atoms with van der Waals surface area (Å²) >= 11 is 0. The summed E-state index contributed by atoms with van der Waals surface area (Å²) in [6.45, 7) is 4.71. The highest BCUT2D eigenvalue weighted by Gasteiger charge is 2.31. The predicted molar refractivity (Wildman–Crippen MR) is 138 cm³/mol. The van der Waals surface area contributed by atoms with Crippen molar-refractivity contribution in [3.63, 3.8) is 0 Å². The third-order valence-corrected chi connectivity index (χ3v) is 6.90. The Morgan fingerprint density at radius 1 is 1.05 bits per heavy atom. The molecule has 3 heterocycles. The lowest BCUT2D eigenvalue weighted by atomic mass is 10.1. The number of hydrogen-bond donors (Lipinski definition) is 1. The Balaban J connectivity index is 1.52. The molecule has 0 spiro atoms. The number of fused-ring (bicyclic) bond motifs is 1. The molecule has 0 amide bonds. The van der Waals surface area contributed by atoms with Crippen LogP contribution in [0.5, 0.6) is 0 Å². The summed E-state index contributed by atoms with van der Waals surface area (Å²) in [5.41, 5.74) is 3.67. The number of benzene rings is 2. The van der Waals surface area contributed by atoms with E-state index in [-0.39, 0.29) is 6.04 Å². The quantitative estimate of drug-likeness (QED) is 0.313. The molecule has 0 bridgehead atoms. The van der Waals surface area contributed by atoms with Gasteiger partial charge in [-0.05, 0) is 61.6 Å². The summed E-state index contributed by atoms with van der Waals surface area (Å²) in [7, 11) is 0. The maximum Gasteiger partial charge on any atom is 0.416 e. The molecule has 0 unspecified atom stereocenters. The number of aryl methyl sites for hydroxylation is 1. The number of nitrogens with zero attached hydrogens (tertiary/aromatic N) is 7. The molecule has 0 saturated heterocycles. The van der Waals surface area contributed by atoms with Crippen molar-refractivity contribution in [3.05, 3.63) is 71.0 Å². The van der Waals surface area contributed by atoms with Crippen molar-refractivity contribution in [1.29, 1.82) is 0 Å². The van der Waals surface area contributed by atoms with Gasteiger partial charge in [0, 0.05) is 18.2 Å². The fourth-order valence-corrected chi connectivity index (χ4v) is 4.67. The van der Waals surface area contributed by atoms with Gasteiger partial charge in [0.05, 0.1) is 5.56 Å². The lowest BCUT2D eigenvalue weighted by molar-refractivity contribution is -0.137. The minimum Gasteiger partial charge on any atom is -0.365 e. The number of nitrogens with one attached hydrogen (secondary N) is 1. The topological polar surface area (TPSA) is 92.7 Å². The monoisotopic (exact) mass is 518 g/mol. The maximum atomic E-state index is 13.2. The first-order valence-corrected chi connectivity index (χ1v) is 12.5. The molecule has 2 aromatic heterocycles. The molecule has 194 valence electrons. The Kier molecular flexibility index (Phi) is 5.93. The fourth-order valence-electron chi connectivity index (χ4n) is 4.67. The molecule has 1 aliphatic carbocycles. The molecule has 11 heteroatoms. The second-order valence-electron chi connectivity index (χ2n) is 9.86. The van der Waals surface area contributed by atoms with Gasteiger partial charge in [-0.2, -0.15) is 18.3 Å². The van der Waals surface area contributed by atoms with Gasteiger partial charge in [0.15, 0.2) is 17.3 Å². The Labute approximate surface area is 216 Å². The molecule has 2 aliphatic rings. The smallest absolute Gasteiger partial charge is 0.365 e. The zero-order chi connectivity index (χ0) is 26.4. The van der Waals surface area contributed by atoms with Crippen molar-refractivity contribution in [3.8, 4) is 11.4 Å². The molecule has 2 aromatic carbocycles. The fraction of sp³-hybridized carbons (Fsp3) is 0.333. The van der Waals surface area contributed by atoms with E-state index in [1.807, 2.05) is 35.8 Å². The Morgan fingerprint density at radius 3 is 2.50 bits per heavy atom. The van der Waals surface area contributed by atoms with Gasteiger partial charge in [-0.15, -0.1) is 5.10 Å². The van der Waals surface area contributed by atoms with Gasteiger partial charge in [0.1, 0.15) is 23.6 Å². The van der Waals surface area contributed by atoms with E-state index in [9.17, 15) is 13.2 Å². The van der Waals surface area contributed by atoms with E-state index in [1.54, 1.807) is 0 Å². The molecule has 1 fully saturated rings. The molecule has 1 N–H and O–H groups in total. The Bertz CT molecular complexity index is 1570. The summed E-state index contributed by atoms with van der Waals surface area (Å²) in [6.07, 6.45) is -2.09. The number of aromatic nitrogens is 4. The van der Waals surface area contributed by atoms with Crippen molar-refractivity contribution in [2.24, 2.45) is 21.4 Å². The average molecular weight is 519 g/mol. The number of halogens is 3. The van der Waals surface area contributed by atoms with Crippen LogP contribution in [0.4, 0.5) is 19.0 Å². The molecule has 1 atom stereocenters. The predicted octanol–water partition coefficient (Wildman–Crippen LogP) is 6.25. The second-order valence-corrected chi connectivity index (χ2v) is 9.86. The number of anilines is 1. The number of rotatable bonds is 7. The van der Waals surface area contributed by atoms with Crippen molar-refractivity contribution in [1.82, 2.24) is 19.5 Å². The molecule has 1 aliphatic heterocycles.